The van der Waals surface area contributed by atoms with Crippen molar-refractivity contribution in [3.8, 4) is 5.69 Å². The molecule has 0 radical (unpaired) electrons. The number of anilines is 1. The number of halogens is 1. The Morgan fingerprint density at radius 3 is 2.50 bits per heavy atom. The molecule has 1 saturated heterocycles. The fourth-order valence-electron chi connectivity index (χ4n) is 3.93. The molecule has 1 aromatic heterocycles. The van der Waals surface area contributed by atoms with Crippen LogP contribution < -0.4 is 15.8 Å². The Hall–Kier alpha value is -3.42. The molecular weight excluding hydrogens is 411 g/mol. The summed E-state index contributed by atoms with van der Waals surface area (Å²) in [5, 5.41) is 8.88. The van der Waals surface area contributed by atoms with E-state index in [4.69, 9.17) is 4.74 Å². The maximum atomic E-state index is 13.4. The minimum atomic E-state index is -0.569. The summed E-state index contributed by atoms with van der Waals surface area (Å²) in [6, 6.07) is 12.9. The number of hydrogen-bond donors (Lipinski definition) is 1. The van der Waals surface area contributed by atoms with Gasteiger partial charge in [0.1, 0.15) is 11.4 Å². The predicted octanol–water partition coefficient (Wildman–Crippen LogP) is 4.02. The van der Waals surface area contributed by atoms with Gasteiger partial charge in [-0.15, -0.1) is 5.10 Å². The van der Waals surface area contributed by atoms with Crippen LogP contribution in [-0.2, 0) is 4.74 Å². The number of nitrogens with one attached hydrogen (secondary N) is 1. The summed E-state index contributed by atoms with van der Waals surface area (Å²) in [5.74, 6) is 0.273. The van der Waals surface area contributed by atoms with E-state index in [9.17, 15) is 14.0 Å². The summed E-state index contributed by atoms with van der Waals surface area (Å²) < 4.78 is 20.1. The van der Waals surface area contributed by atoms with Crippen LogP contribution in [0.5, 0.6) is 0 Å². The molecule has 1 atom stereocenters. The fourth-order valence-corrected chi connectivity index (χ4v) is 3.93. The number of amides is 1. The third-order valence-electron chi connectivity index (χ3n) is 5.30. The molecule has 1 unspecified atom stereocenters. The average Bonchev–Trinajstić information content (AvgIpc) is 2.74. The largest absolute Gasteiger partial charge is 0.444 e. The first kappa shape index (κ1) is 21.8. The first-order valence-electron chi connectivity index (χ1n) is 10.7. The number of piperidine rings is 1. The van der Waals surface area contributed by atoms with E-state index in [2.05, 4.69) is 15.3 Å². The number of carbonyl (C=O) groups excluding carboxylic acids is 1. The lowest BCUT2D eigenvalue weighted by Crippen LogP contribution is -2.49. The Bertz CT molecular complexity index is 1180. The second kappa shape index (κ2) is 8.61. The summed E-state index contributed by atoms with van der Waals surface area (Å²) >= 11 is 0. The summed E-state index contributed by atoms with van der Waals surface area (Å²) in [5.41, 5.74) is -0.346. The molecule has 1 fully saturated rings. The molecule has 1 aliphatic rings. The van der Waals surface area contributed by atoms with E-state index >= 15 is 0 Å². The van der Waals surface area contributed by atoms with Gasteiger partial charge in [0, 0.05) is 24.5 Å². The Labute approximate surface area is 185 Å². The molecule has 168 valence electrons. The molecule has 32 heavy (non-hydrogen) atoms. The zero-order valence-electron chi connectivity index (χ0n) is 18.5. The number of carbonyl (C=O) groups is 1. The number of benzene rings is 2. The molecule has 1 aliphatic heterocycles. The highest BCUT2D eigenvalue weighted by atomic mass is 19.1. The zero-order chi connectivity index (χ0) is 22.9. The van der Waals surface area contributed by atoms with Crippen molar-refractivity contribution in [3.05, 3.63) is 64.7 Å². The molecule has 0 bridgehead atoms. The molecule has 1 N–H and O–H groups in total. The maximum Gasteiger partial charge on any atom is 0.407 e. The Kier molecular flexibility index (Phi) is 5.86. The summed E-state index contributed by atoms with van der Waals surface area (Å²) in [6.45, 7) is 6.76. The van der Waals surface area contributed by atoms with Crippen molar-refractivity contribution < 1.29 is 13.9 Å². The van der Waals surface area contributed by atoms with Gasteiger partial charge in [-0.05, 0) is 63.9 Å². The summed E-state index contributed by atoms with van der Waals surface area (Å²) in [6.07, 6.45) is 1.23. The van der Waals surface area contributed by atoms with Crippen LogP contribution in [0.25, 0.3) is 16.5 Å². The molecule has 1 amide bonds. The number of rotatable bonds is 3. The predicted molar refractivity (Wildman–Crippen MR) is 122 cm³/mol. The quantitative estimate of drug-likeness (QED) is 0.669. The molecular formula is C24H27FN4O3. The average molecular weight is 439 g/mol. The molecule has 0 aliphatic carbocycles. The van der Waals surface area contributed by atoms with E-state index in [1.165, 1.54) is 28.9 Å². The van der Waals surface area contributed by atoms with Crippen LogP contribution >= 0.6 is 0 Å². The van der Waals surface area contributed by atoms with E-state index in [0.717, 1.165) is 24.8 Å². The van der Waals surface area contributed by atoms with Crippen LogP contribution in [0.3, 0.4) is 0 Å². The van der Waals surface area contributed by atoms with Crippen LogP contribution in [0.4, 0.5) is 15.0 Å². The normalized spacial score (nSPS) is 16.8. The van der Waals surface area contributed by atoms with Gasteiger partial charge in [-0.2, -0.15) is 4.68 Å². The number of alkyl carbamates (subject to hydrolysis) is 1. The molecule has 2 heterocycles. The van der Waals surface area contributed by atoms with Gasteiger partial charge in [0.2, 0.25) is 0 Å². The molecule has 0 spiro atoms. The minimum Gasteiger partial charge on any atom is -0.444 e. The van der Waals surface area contributed by atoms with Crippen molar-refractivity contribution in [1.82, 2.24) is 15.1 Å². The van der Waals surface area contributed by atoms with E-state index in [1.54, 1.807) is 6.07 Å². The maximum absolute atomic E-state index is 13.4. The summed E-state index contributed by atoms with van der Waals surface area (Å²) in [7, 11) is 0. The number of nitrogens with zero attached hydrogens (tertiary/aromatic N) is 3. The number of ether oxygens (including phenoxy) is 1. The smallest absolute Gasteiger partial charge is 0.407 e. The molecule has 4 rings (SSSR count). The van der Waals surface area contributed by atoms with E-state index in [1.807, 2.05) is 39.0 Å². The summed E-state index contributed by atoms with van der Waals surface area (Å²) in [4.78, 5) is 27.4. The minimum absolute atomic E-state index is 0.106. The Morgan fingerprint density at radius 2 is 1.81 bits per heavy atom. The monoisotopic (exact) mass is 438 g/mol. The third kappa shape index (κ3) is 4.74. The molecule has 8 heteroatoms. The van der Waals surface area contributed by atoms with Crippen LogP contribution in [0.2, 0.25) is 0 Å². The van der Waals surface area contributed by atoms with Crippen LogP contribution in [-0.4, -0.2) is 40.6 Å². The van der Waals surface area contributed by atoms with Crippen LogP contribution in [0.15, 0.2) is 53.3 Å². The molecule has 7 nitrogen and oxygen atoms in total. The number of aromatic nitrogens is 2. The first-order valence-corrected chi connectivity index (χ1v) is 10.7. The third-order valence-corrected chi connectivity index (χ3v) is 5.30. The van der Waals surface area contributed by atoms with Crippen molar-refractivity contribution in [2.75, 3.05) is 18.0 Å². The topological polar surface area (TPSA) is 76.5 Å². The standard InChI is InChI=1S/C24H27FN4O3/c1-24(2,3)32-23(31)26-17-7-6-14-28(15-17)21-19-8-4-5-9-20(19)22(30)29(27-21)18-12-10-16(25)11-13-18/h4-5,8-13,17H,6-7,14-15H2,1-3H3,(H,26,31). The van der Waals surface area contributed by atoms with E-state index < -0.39 is 11.7 Å². The lowest BCUT2D eigenvalue weighted by atomic mass is 10.0. The lowest BCUT2D eigenvalue weighted by molar-refractivity contribution is 0.0500. The van der Waals surface area contributed by atoms with Crippen molar-refractivity contribution >= 4 is 22.7 Å². The van der Waals surface area contributed by atoms with Gasteiger partial charge in [0.15, 0.2) is 5.82 Å². The second-order valence-electron chi connectivity index (χ2n) is 8.99. The molecule has 2 aromatic carbocycles. The zero-order valence-corrected chi connectivity index (χ0v) is 18.5. The highest BCUT2D eigenvalue weighted by molar-refractivity contribution is 5.91. The number of fused-ring (bicyclic) bond motifs is 1. The van der Waals surface area contributed by atoms with Crippen molar-refractivity contribution in [3.63, 3.8) is 0 Å². The Morgan fingerprint density at radius 1 is 1.12 bits per heavy atom. The lowest BCUT2D eigenvalue weighted by Gasteiger charge is -2.35. The van der Waals surface area contributed by atoms with Crippen LogP contribution in [0.1, 0.15) is 33.6 Å². The second-order valence-corrected chi connectivity index (χ2v) is 8.99. The Balaban J connectivity index is 1.69. The van der Waals surface area contributed by atoms with Crippen LogP contribution in [0, 0.1) is 5.82 Å². The van der Waals surface area contributed by atoms with Gasteiger partial charge < -0.3 is 15.0 Å². The molecule has 0 saturated carbocycles. The number of hydrogen-bond acceptors (Lipinski definition) is 5. The van der Waals surface area contributed by atoms with Crippen molar-refractivity contribution in [1.29, 1.82) is 0 Å². The highest BCUT2D eigenvalue weighted by Crippen LogP contribution is 2.26. The molecule has 3 aromatic rings. The highest BCUT2D eigenvalue weighted by Gasteiger charge is 2.26. The van der Waals surface area contributed by atoms with E-state index in [0.29, 0.717) is 23.4 Å². The SMILES string of the molecule is CC(C)(C)OC(=O)NC1CCCN(c2nn(-c3ccc(F)cc3)c(=O)c3ccccc23)C1. The fraction of sp³-hybridized carbons (Fsp3) is 0.375. The van der Waals surface area contributed by atoms with E-state index in [-0.39, 0.29) is 17.4 Å². The van der Waals surface area contributed by atoms with Gasteiger partial charge in [0.05, 0.1) is 11.1 Å². The van der Waals surface area contributed by atoms with Crippen molar-refractivity contribution in [2.24, 2.45) is 0 Å². The van der Waals surface area contributed by atoms with Gasteiger partial charge >= 0.3 is 6.09 Å². The van der Waals surface area contributed by atoms with Gasteiger partial charge in [-0.3, -0.25) is 4.79 Å². The van der Waals surface area contributed by atoms with Gasteiger partial charge in [-0.25, -0.2) is 9.18 Å². The first-order chi connectivity index (χ1) is 15.2. The van der Waals surface area contributed by atoms with Gasteiger partial charge in [0.25, 0.3) is 5.56 Å². The van der Waals surface area contributed by atoms with Crippen molar-refractivity contribution in [2.45, 2.75) is 45.3 Å². The van der Waals surface area contributed by atoms with Gasteiger partial charge in [-0.1, -0.05) is 18.2 Å².